The Morgan fingerprint density at radius 3 is 2.95 bits per heavy atom. The number of hydrazone groups is 1. The lowest BCUT2D eigenvalue weighted by Crippen LogP contribution is -2.18. The van der Waals surface area contributed by atoms with Crippen LogP contribution < -0.4 is 10.2 Å². The number of nitrogens with zero attached hydrogens (tertiary/aromatic N) is 3. The molecule has 1 aromatic heterocycles. The number of carbonyl (C=O) groups excluding carboxylic acids is 1. The van der Waals surface area contributed by atoms with Crippen LogP contribution in [-0.4, -0.2) is 33.6 Å². The lowest BCUT2D eigenvalue weighted by atomic mass is 10.2. The van der Waals surface area contributed by atoms with Crippen LogP contribution >= 0.6 is 0 Å². The first kappa shape index (κ1) is 14.6. The molecule has 0 spiro atoms. The van der Waals surface area contributed by atoms with Gasteiger partial charge in [0.2, 0.25) is 0 Å². The van der Waals surface area contributed by atoms with E-state index in [1.165, 1.54) is 17.0 Å². The molecule has 0 saturated carbocycles. The maximum Gasteiger partial charge on any atom is 0.291 e. The number of ether oxygens (including phenoxy) is 1. The van der Waals surface area contributed by atoms with E-state index in [1.54, 1.807) is 31.4 Å². The molecule has 2 aromatic rings. The van der Waals surface area contributed by atoms with E-state index in [4.69, 9.17) is 4.74 Å². The van der Waals surface area contributed by atoms with E-state index < -0.39 is 5.91 Å². The molecule has 110 valence electrons. The number of carbonyl (C=O) groups is 1. The Bertz CT molecular complexity index is 664. The van der Waals surface area contributed by atoms with Crippen molar-refractivity contribution in [2.75, 3.05) is 6.61 Å². The Morgan fingerprint density at radius 1 is 1.52 bits per heavy atom. The number of hydrogen-bond donors (Lipinski definition) is 2. The summed E-state index contributed by atoms with van der Waals surface area (Å²) in [7, 11) is 1.72. The number of hydrogen-bond acceptors (Lipinski definition) is 5. The predicted octanol–water partition coefficient (Wildman–Crippen LogP) is 1.29. The molecule has 0 radical (unpaired) electrons. The molecule has 7 nitrogen and oxygen atoms in total. The zero-order valence-electron chi connectivity index (χ0n) is 11.8. The van der Waals surface area contributed by atoms with Crippen LogP contribution in [0.25, 0.3) is 0 Å². The third kappa shape index (κ3) is 3.82. The van der Waals surface area contributed by atoms with E-state index >= 15 is 0 Å². The monoisotopic (exact) mass is 288 g/mol. The molecule has 1 aromatic carbocycles. The van der Waals surface area contributed by atoms with Gasteiger partial charge in [0.05, 0.1) is 12.8 Å². The van der Waals surface area contributed by atoms with Gasteiger partial charge in [-0.1, -0.05) is 0 Å². The van der Waals surface area contributed by atoms with Crippen molar-refractivity contribution in [3.05, 3.63) is 41.7 Å². The molecule has 0 saturated heterocycles. The van der Waals surface area contributed by atoms with Gasteiger partial charge in [-0.05, 0) is 36.8 Å². The smallest absolute Gasteiger partial charge is 0.291 e. The minimum absolute atomic E-state index is 0.0249. The number of phenolic OH excluding ortho intramolecular Hbond substituents is 1. The van der Waals surface area contributed by atoms with Gasteiger partial charge in [0, 0.05) is 13.2 Å². The van der Waals surface area contributed by atoms with Crippen molar-refractivity contribution in [2.24, 2.45) is 12.1 Å². The average molecular weight is 288 g/mol. The van der Waals surface area contributed by atoms with Crippen LogP contribution in [0.15, 0.2) is 35.6 Å². The van der Waals surface area contributed by atoms with Crippen molar-refractivity contribution < 1.29 is 14.6 Å². The SMILES string of the molecule is CCOc1ccc(/C=N\NC(=O)c2ccn(C)n2)cc1O. The van der Waals surface area contributed by atoms with Crippen molar-refractivity contribution >= 4 is 12.1 Å². The van der Waals surface area contributed by atoms with Crippen molar-refractivity contribution in [3.63, 3.8) is 0 Å². The highest BCUT2D eigenvalue weighted by atomic mass is 16.5. The zero-order chi connectivity index (χ0) is 15.2. The van der Waals surface area contributed by atoms with E-state index in [2.05, 4.69) is 15.6 Å². The topological polar surface area (TPSA) is 88.7 Å². The Morgan fingerprint density at radius 2 is 2.33 bits per heavy atom. The maximum absolute atomic E-state index is 11.7. The van der Waals surface area contributed by atoms with Gasteiger partial charge in [0.15, 0.2) is 17.2 Å². The number of aromatic nitrogens is 2. The summed E-state index contributed by atoms with van der Waals surface area (Å²) >= 11 is 0. The van der Waals surface area contributed by atoms with Crippen LogP contribution in [0.2, 0.25) is 0 Å². The summed E-state index contributed by atoms with van der Waals surface area (Å²) in [6.45, 7) is 2.31. The first-order chi connectivity index (χ1) is 10.1. The van der Waals surface area contributed by atoms with Crippen LogP contribution in [0, 0.1) is 0 Å². The number of aromatic hydroxyl groups is 1. The molecule has 2 N–H and O–H groups in total. The molecule has 0 unspecified atom stereocenters. The molecule has 21 heavy (non-hydrogen) atoms. The fourth-order valence-electron chi connectivity index (χ4n) is 1.65. The van der Waals surface area contributed by atoms with E-state index in [1.807, 2.05) is 6.92 Å². The number of rotatable bonds is 5. The summed E-state index contributed by atoms with van der Waals surface area (Å²) in [4.78, 5) is 11.7. The summed E-state index contributed by atoms with van der Waals surface area (Å²) in [5, 5.41) is 17.5. The Hall–Kier alpha value is -2.83. The molecule has 1 amide bonds. The van der Waals surface area contributed by atoms with Crippen LogP contribution in [0.4, 0.5) is 0 Å². The fourth-order valence-corrected chi connectivity index (χ4v) is 1.65. The van der Waals surface area contributed by atoms with Gasteiger partial charge in [0.1, 0.15) is 0 Å². The second-order valence-corrected chi connectivity index (χ2v) is 4.23. The molecule has 1 heterocycles. The molecule has 0 aliphatic heterocycles. The van der Waals surface area contributed by atoms with Gasteiger partial charge >= 0.3 is 0 Å². The lowest BCUT2D eigenvalue weighted by molar-refractivity contribution is 0.0949. The molecule has 7 heteroatoms. The summed E-state index contributed by atoms with van der Waals surface area (Å²) in [6.07, 6.45) is 3.10. The number of phenols is 1. The van der Waals surface area contributed by atoms with E-state index in [0.29, 0.717) is 17.9 Å². The van der Waals surface area contributed by atoms with Crippen LogP contribution in [0.1, 0.15) is 23.0 Å². The normalized spacial score (nSPS) is 10.8. The summed E-state index contributed by atoms with van der Waals surface area (Å²) < 4.78 is 6.75. The van der Waals surface area contributed by atoms with Crippen molar-refractivity contribution in [1.29, 1.82) is 0 Å². The molecule has 0 fully saturated rings. The zero-order valence-corrected chi connectivity index (χ0v) is 11.8. The Kier molecular flexibility index (Phi) is 4.55. The van der Waals surface area contributed by atoms with Crippen LogP contribution in [0.5, 0.6) is 11.5 Å². The molecule has 2 rings (SSSR count). The van der Waals surface area contributed by atoms with E-state index in [9.17, 15) is 9.90 Å². The highest BCUT2D eigenvalue weighted by Crippen LogP contribution is 2.25. The van der Waals surface area contributed by atoms with Gasteiger partial charge in [-0.2, -0.15) is 10.2 Å². The predicted molar refractivity (Wildman–Crippen MR) is 77.5 cm³/mol. The number of nitrogens with one attached hydrogen (secondary N) is 1. The van der Waals surface area contributed by atoms with Gasteiger partial charge in [-0.15, -0.1) is 0 Å². The molecule has 0 aliphatic rings. The minimum atomic E-state index is -0.401. The molecule has 0 atom stereocenters. The first-order valence-corrected chi connectivity index (χ1v) is 6.39. The third-order valence-electron chi connectivity index (χ3n) is 2.61. The van der Waals surface area contributed by atoms with Gasteiger partial charge in [-0.25, -0.2) is 5.43 Å². The van der Waals surface area contributed by atoms with Gasteiger partial charge in [0.25, 0.3) is 5.91 Å². The first-order valence-electron chi connectivity index (χ1n) is 6.39. The van der Waals surface area contributed by atoms with E-state index in [-0.39, 0.29) is 11.4 Å². The highest BCUT2D eigenvalue weighted by molar-refractivity contribution is 5.93. The minimum Gasteiger partial charge on any atom is -0.504 e. The van der Waals surface area contributed by atoms with Crippen molar-refractivity contribution in [2.45, 2.75) is 6.92 Å². The maximum atomic E-state index is 11.7. The van der Waals surface area contributed by atoms with Gasteiger partial charge < -0.3 is 9.84 Å². The molecular weight excluding hydrogens is 272 g/mol. The number of aryl methyl sites for hydroxylation is 1. The summed E-state index contributed by atoms with van der Waals surface area (Å²) in [5.74, 6) is 0.0334. The molecule has 0 bridgehead atoms. The van der Waals surface area contributed by atoms with Crippen LogP contribution in [0.3, 0.4) is 0 Å². The average Bonchev–Trinajstić information content (AvgIpc) is 2.88. The molecule has 0 aliphatic carbocycles. The highest BCUT2D eigenvalue weighted by Gasteiger charge is 2.07. The largest absolute Gasteiger partial charge is 0.504 e. The van der Waals surface area contributed by atoms with Gasteiger partial charge in [-0.3, -0.25) is 9.48 Å². The van der Waals surface area contributed by atoms with Crippen molar-refractivity contribution in [1.82, 2.24) is 15.2 Å². The number of amides is 1. The summed E-state index contributed by atoms with van der Waals surface area (Å²) in [6, 6.07) is 6.46. The van der Waals surface area contributed by atoms with E-state index in [0.717, 1.165) is 0 Å². The Balaban J connectivity index is 1.98. The second-order valence-electron chi connectivity index (χ2n) is 4.23. The van der Waals surface area contributed by atoms with Crippen LogP contribution in [-0.2, 0) is 7.05 Å². The fraction of sp³-hybridized carbons (Fsp3) is 0.214. The lowest BCUT2D eigenvalue weighted by Gasteiger charge is -2.05. The Labute approximate surface area is 121 Å². The molecular formula is C14H16N4O3. The standard InChI is InChI=1S/C14H16N4O3/c1-3-21-13-5-4-10(8-12(13)19)9-15-16-14(20)11-6-7-18(2)17-11/h4-9,19H,3H2,1-2H3,(H,16,20)/b15-9-. The van der Waals surface area contributed by atoms with Crippen molar-refractivity contribution in [3.8, 4) is 11.5 Å². The summed E-state index contributed by atoms with van der Waals surface area (Å²) in [5.41, 5.74) is 3.28. The quantitative estimate of drug-likeness (QED) is 0.641. The second kappa shape index (κ2) is 6.56. The number of benzene rings is 1. The third-order valence-corrected chi connectivity index (χ3v) is 2.61.